The minimum Gasteiger partial charge on any atom is -0.326 e. The largest absolute Gasteiger partial charge is 0.326 e. The average molecular weight is 345 g/mol. The Morgan fingerprint density at radius 3 is 2.58 bits per heavy atom. The first-order valence-electron chi connectivity index (χ1n) is 7.14. The average Bonchev–Trinajstić information content (AvgIpc) is 2.87. The molecule has 4 amide bonds. The van der Waals surface area contributed by atoms with E-state index in [4.69, 9.17) is 11.6 Å². The monoisotopic (exact) mass is 344 g/mol. The predicted molar refractivity (Wildman–Crippen MR) is 87.8 cm³/mol. The van der Waals surface area contributed by atoms with Gasteiger partial charge in [0, 0.05) is 23.3 Å². The van der Waals surface area contributed by atoms with Crippen molar-refractivity contribution < 1.29 is 14.4 Å². The molecule has 122 valence electrons. The molecule has 1 saturated heterocycles. The summed E-state index contributed by atoms with van der Waals surface area (Å²) in [5.74, 6) is -0.711. The normalized spacial score (nSPS) is 16.5. The molecule has 1 aliphatic heterocycles. The first-order valence-corrected chi connectivity index (χ1v) is 7.52. The molecule has 1 fully saturated rings. The zero-order valence-corrected chi connectivity index (χ0v) is 13.1. The van der Waals surface area contributed by atoms with Gasteiger partial charge in [-0.15, -0.1) is 0 Å². The summed E-state index contributed by atoms with van der Waals surface area (Å²) in [6.07, 6.45) is 1.84. The number of nitrogens with zero attached hydrogens (tertiary/aromatic N) is 1. The molecule has 0 spiro atoms. The van der Waals surface area contributed by atoms with Crippen molar-refractivity contribution in [2.75, 3.05) is 5.32 Å². The van der Waals surface area contributed by atoms with Crippen LogP contribution in [-0.2, 0) is 11.2 Å². The molecule has 3 N–H and O–H groups in total. The Balaban J connectivity index is 1.63. The molecule has 1 aromatic heterocycles. The molecular weight excluding hydrogens is 332 g/mol. The highest BCUT2D eigenvalue weighted by molar-refractivity contribution is 6.30. The molecule has 8 heteroatoms. The SMILES string of the molecule is O=C1NC(=O)C(Cc2ccc(NC(=O)c3cc(Cl)ccn3)cc2)N1. The lowest BCUT2D eigenvalue weighted by Crippen LogP contribution is -2.31. The number of pyridine rings is 1. The van der Waals surface area contributed by atoms with E-state index < -0.39 is 12.1 Å². The quantitative estimate of drug-likeness (QED) is 0.735. The Bertz CT molecular complexity index is 807. The van der Waals surface area contributed by atoms with E-state index in [1.54, 1.807) is 30.3 Å². The van der Waals surface area contributed by atoms with Gasteiger partial charge in [-0.2, -0.15) is 0 Å². The third kappa shape index (κ3) is 3.69. The first kappa shape index (κ1) is 15.9. The number of urea groups is 1. The maximum Gasteiger partial charge on any atom is 0.322 e. The molecule has 0 saturated carbocycles. The van der Waals surface area contributed by atoms with Crippen LogP contribution in [0, 0.1) is 0 Å². The van der Waals surface area contributed by atoms with Crippen molar-refractivity contribution in [3.05, 3.63) is 58.9 Å². The van der Waals surface area contributed by atoms with Gasteiger partial charge in [0.1, 0.15) is 11.7 Å². The number of imide groups is 1. The van der Waals surface area contributed by atoms with Crippen molar-refractivity contribution in [1.29, 1.82) is 0 Å². The van der Waals surface area contributed by atoms with Crippen LogP contribution in [0.5, 0.6) is 0 Å². The first-order chi connectivity index (χ1) is 11.5. The third-order valence-corrected chi connectivity index (χ3v) is 3.70. The third-order valence-electron chi connectivity index (χ3n) is 3.46. The van der Waals surface area contributed by atoms with Crippen LogP contribution in [0.15, 0.2) is 42.6 Å². The van der Waals surface area contributed by atoms with E-state index in [1.807, 2.05) is 0 Å². The van der Waals surface area contributed by atoms with Gasteiger partial charge in [-0.1, -0.05) is 23.7 Å². The fourth-order valence-electron chi connectivity index (χ4n) is 2.29. The molecule has 0 bridgehead atoms. The van der Waals surface area contributed by atoms with Gasteiger partial charge in [0.2, 0.25) is 0 Å². The van der Waals surface area contributed by atoms with E-state index in [0.717, 1.165) is 5.56 Å². The molecule has 1 unspecified atom stereocenters. The number of anilines is 1. The molecule has 0 radical (unpaired) electrons. The number of aromatic nitrogens is 1. The molecular formula is C16H13ClN4O3. The molecule has 2 heterocycles. The summed E-state index contributed by atoms with van der Waals surface area (Å²) in [6, 6.07) is 8.99. The Kier molecular flexibility index (Phi) is 4.43. The van der Waals surface area contributed by atoms with E-state index in [1.165, 1.54) is 12.3 Å². The number of hydrogen-bond acceptors (Lipinski definition) is 4. The van der Waals surface area contributed by atoms with Gasteiger partial charge in [0.15, 0.2) is 0 Å². The summed E-state index contributed by atoms with van der Waals surface area (Å²) in [4.78, 5) is 38.6. The van der Waals surface area contributed by atoms with E-state index >= 15 is 0 Å². The highest BCUT2D eigenvalue weighted by Gasteiger charge is 2.29. The second kappa shape index (κ2) is 6.67. The Labute approximate surface area is 142 Å². The maximum atomic E-state index is 12.1. The van der Waals surface area contributed by atoms with Gasteiger partial charge in [-0.3, -0.25) is 19.9 Å². The zero-order chi connectivity index (χ0) is 17.1. The van der Waals surface area contributed by atoms with Crippen LogP contribution >= 0.6 is 11.6 Å². The van der Waals surface area contributed by atoms with Gasteiger partial charge in [-0.05, 0) is 29.8 Å². The molecule has 1 atom stereocenters. The van der Waals surface area contributed by atoms with Crippen molar-refractivity contribution in [2.45, 2.75) is 12.5 Å². The number of rotatable bonds is 4. The lowest BCUT2D eigenvalue weighted by molar-refractivity contribution is -0.120. The van der Waals surface area contributed by atoms with Crippen molar-refractivity contribution in [3.8, 4) is 0 Å². The van der Waals surface area contributed by atoms with Crippen LogP contribution in [0.3, 0.4) is 0 Å². The molecule has 2 aromatic rings. The fourth-order valence-corrected chi connectivity index (χ4v) is 2.45. The van der Waals surface area contributed by atoms with Crippen molar-refractivity contribution >= 4 is 35.1 Å². The summed E-state index contributed by atoms with van der Waals surface area (Å²) in [5.41, 5.74) is 1.67. The Hall–Kier alpha value is -2.93. The van der Waals surface area contributed by atoms with E-state index in [0.29, 0.717) is 17.1 Å². The van der Waals surface area contributed by atoms with Gasteiger partial charge >= 0.3 is 6.03 Å². The number of carbonyl (C=O) groups excluding carboxylic acids is 3. The Morgan fingerprint density at radius 2 is 1.96 bits per heavy atom. The van der Waals surface area contributed by atoms with Crippen LogP contribution in [0.1, 0.15) is 16.1 Å². The number of halogens is 1. The second-order valence-electron chi connectivity index (χ2n) is 5.23. The van der Waals surface area contributed by atoms with Crippen molar-refractivity contribution in [3.63, 3.8) is 0 Å². The summed E-state index contributed by atoms with van der Waals surface area (Å²) < 4.78 is 0. The number of amides is 4. The second-order valence-corrected chi connectivity index (χ2v) is 5.67. The summed E-state index contributed by atoms with van der Waals surface area (Å²) in [7, 11) is 0. The van der Waals surface area contributed by atoms with Crippen molar-refractivity contribution in [1.82, 2.24) is 15.6 Å². The lowest BCUT2D eigenvalue weighted by atomic mass is 10.1. The topological polar surface area (TPSA) is 100 Å². The van der Waals surface area contributed by atoms with E-state index in [9.17, 15) is 14.4 Å². The molecule has 1 aromatic carbocycles. The van der Waals surface area contributed by atoms with Crippen LogP contribution in [-0.4, -0.2) is 28.9 Å². The molecule has 7 nitrogen and oxygen atoms in total. The van der Waals surface area contributed by atoms with E-state index in [-0.39, 0.29) is 17.5 Å². The fraction of sp³-hybridized carbons (Fsp3) is 0.125. The number of carbonyl (C=O) groups is 3. The standard InChI is InChI=1S/C16H13ClN4O3/c17-10-5-6-18-12(8-10)14(22)19-11-3-1-9(2-4-11)7-13-15(23)21-16(24)20-13/h1-6,8,13H,7H2,(H,19,22)(H2,20,21,23,24). The smallest absolute Gasteiger partial charge is 0.322 e. The van der Waals surface area contributed by atoms with Gasteiger partial charge in [-0.25, -0.2) is 4.79 Å². The summed E-state index contributed by atoms with van der Waals surface area (Å²) in [5, 5.41) is 7.86. The maximum absolute atomic E-state index is 12.1. The van der Waals surface area contributed by atoms with Crippen LogP contribution < -0.4 is 16.0 Å². The molecule has 3 rings (SSSR count). The summed E-state index contributed by atoms with van der Waals surface area (Å²) in [6.45, 7) is 0. The number of nitrogens with one attached hydrogen (secondary N) is 3. The molecule has 1 aliphatic rings. The summed E-state index contributed by atoms with van der Waals surface area (Å²) >= 11 is 5.83. The predicted octanol–water partition coefficient (Wildman–Crippen LogP) is 1.74. The van der Waals surface area contributed by atoms with Crippen LogP contribution in [0.25, 0.3) is 0 Å². The minimum atomic E-state index is -0.575. The highest BCUT2D eigenvalue weighted by Crippen LogP contribution is 2.14. The Morgan fingerprint density at radius 1 is 1.21 bits per heavy atom. The highest BCUT2D eigenvalue weighted by atomic mass is 35.5. The molecule has 24 heavy (non-hydrogen) atoms. The minimum absolute atomic E-state index is 0.219. The van der Waals surface area contributed by atoms with Crippen LogP contribution in [0.2, 0.25) is 5.02 Å². The lowest BCUT2D eigenvalue weighted by Gasteiger charge is -2.09. The van der Waals surface area contributed by atoms with Gasteiger partial charge in [0.05, 0.1) is 0 Å². The van der Waals surface area contributed by atoms with Gasteiger partial charge in [0.25, 0.3) is 11.8 Å². The molecule has 0 aliphatic carbocycles. The van der Waals surface area contributed by atoms with Crippen LogP contribution in [0.4, 0.5) is 10.5 Å². The van der Waals surface area contributed by atoms with Gasteiger partial charge < -0.3 is 10.6 Å². The van der Waals surface area contributed by atoms with E-state index in [2.05, 4.69) is 20.9 Å². The number of benzene rings is 1. The van der Waals surface area contributed by atoms with Crippen molar-refractivity contribution in [2.24, 2.45) is 0 Å². The zero-order valence-electron chi connectivity index (χ0n) is 12.4. The number of hydrogen-bond donors (Lipinski definition) is 3.